The number of benzene rings is 1. The summed E-state index contributed by atoms with van der Waals surface area (Å²) in [4.78, 5) is 19.7. The second kappa shape index (κ2) is 6.46. The summed E-state index contributed by atoms with van der Waals surface area (Å²) in [5, 5.41) is 1.31. The lowest BCUT2D eigenvalue weighted by Gasteiger charge is -2.43. The van der Waals surface area contributed by atoms with Gasteiger partial charge in [0.25, 0.3) is 0 Å². The first kappa shape index (κ1) is 16.6. The second-order valence-electron chi connectivity index (χ2n) is 7.73. The summed E-state index contributed by atoms with van der Waals surface area (Å²) in [5.74, 6) is 0.684. The van der Waals surface area contributed by atoms with Gasteiger partial charge in [-0.25, -0.2) is 0 Å². The molecule has 1 N–H and O–H groups in total. The Bertz CT molecular complexity index is 771. The number of aromatic amines is 1. The number of carbonyl (C=O) groups excluding carboxylic acids is 1. The number of carbonyl (C=O) groups is 1. The molecule has 0 spiro atoms. The monoisotopic (exact) mass is 341 g/mol. The van der Waals surface area contributed by atoms with Crippen molar-refractivity contribution in [1.29, 1.82) is 0 Å². The van der Waals surface area contributed by atoms with Gasteiger partial charge in [0, 0.05) is 62.7 Å². The average molecular weight is 341 g/mol. The Hall–Kier alpha value is -1.85. The molecule has 0 bridgehead atoms. The minimum Gasteiger partial charge on any atom is -0.384 e. The number of rotatable bonds is 4. The van der Waals surface area contributed by atoms with Crippen LogP contribution in [0.2, 0.25) is 0 Å². The fourth-order valence-corrected chi connectivity index (χ4v) is 4.79. The number of piperidine rings is 1. The van der Waals surface area contributed by atoms with Crippen LogP contribution in [0.3, 0.4) is 0 Å². The largest absolute Gasteiger partial charge is 0.384 e. The lowest BCUT2D eigenvalue weighted by Crippen LogP contribution is -2.48. The molecule has 0 unspecified atom stereocenters. The lowest BCUT2D eigenvalue weighted by atomic mass is 9.73. The van der Waals surface area contributed by atoms with Crippen LogP contribution in [-0.2, 0) is 16.1 Å². The molecule has 0 radical (unpaired) electrons. The number of nitrogens with one attached hydrogen (secondary N) is 1. The Kier molecular flexibility index (Phi) is 4.29. The van der Waals surface area contributed by atoms with Crippen LogP contribution in [0.15, 0.2) is 30.5 Å². The number of ether oxygens (including phenoxy) is 1. The van der Waals surface area contributed by atoms with Gasteiger partial charge in [-0.15, -0.1) is 0 Å². The molecular formula is C20H27N3O2. The molecule has 2 saturated heterocycles. The van der Waals surface area contributed by atoms with Crippen LogP contribution in [-0.4, -0.2) is 60.6 Å². The van der Waals surface area contributed by atoms with E-state index in [-0.39, 0.29) is 11.3 Å². The number of likely N-dealkylation sites (tertiary alicyclic amines) is 2. The highest BCUT2D eigenvalue weighted by molar-refractivity contribution is 5.82. The van der Waals surface area contributed by atoms with Gasteiger partial charge in [-0.05, 0) is 36.6 Å². The summed E-state index contributed by atoms with van der Waals surface area (Å²) in [6, 6.07) is 8.64. The molecule has 1 aromatic carbocycles. The molecule has 4 rings (SSSR count). The molecule has 134 valence electrons. The molecule has 2 aliphatic rings. The van der Waals surface area contributed by atoms with Gasteiger partial charge in [-0.3, -0.25) is 9.69 Å². The number of hydrogen-bond acceptors (Lipinski definition) is 3. The van der Waals surface area contributed by atoms with Crippen LogP contribution in [0.4, 0.5) is 0 Å². The molecule has 1 amide bonds. The third kappa shape index (κ3) is 2.96. The number of aromatic nitrogens is 1. The van der Waals surface area contributed by atoms with E-state index >= 15 is 0 Å². The quantitative estimate of drug-likeness (QED) is 0.929. The highest BCUT2D eigenvalue weighted by atomic mass is 16.5. The van der Waals surface area contributed by atoms with Gasteiger partial charge in [0.05, 0.1) is 6.61 Å². The first-order valence-electron chi connectivity index (χ1n) is 9.13. The molecule has 3 heterocycles. The standard InChI is InChI=1S/C20H27N3O2/c1-15(24)23-12-17-11-22(9-7-20(17,13-23)14-25-2)10-16-4-3-5-19-18(16)6-8-21-19/h3-6,8,17,21H,7,9-14H2,1-2H3/t17-,20+/m1/s1. The van der Waals surface area contributed by atoms with E-state index in [0.717, 1.165) is 45.8 Å². The van der Waals surface area contributed by atoms with Crippen LogP contribution < -0.4 is 0 Å². The first-order chi connectivity index (χ1) is 12.1. The van der Waals surface area contributed by atoms with Crippen LogP contribution >= 0.6 is 0 Å². The van der Waals surface area contributed by atoms with Gasteiger partial charge in [0.2, 0.25) is 5.91 Å². The minimum atomic E-state index is 0.136. The van der Waals surface area contributed by atoms with Crippen molar-refractivity contribution < 1.29 is 9.53 Å². The molecule has 2 aromatic rings. The van der Waals surface area contributed by atoms with Crippen molar-refractivity contribution in [1.82, 2.24) is 14.8 Å². The molecule has 2 fully saturated rings. The fraction of sp³-hybridized carbons (Fsp3) is 0.550. The summed E-state index contributed by atoms with van der Waals surface area (Å²) in [6.07, 6.45) is 3.11. The number of methoxy groups -OCH3 is 1. The lowest BCUT2D eigenvalue weighted by molar-refractivity contribution is -0.128. The predicted molar refractivity (Wildman–Crippen MR) is 98.2 cm³/mol. The number of hydrogen-bond donors (Lipinski definition) is 1. The predicted octanol–water partition coefficient (Wildman–Crippen LogP) is 2.48. The van der Waals surface area contributed by atoms with Crippen molar-refractivity contribution in [3.8, 4) is 0 Å². The molecule has 25 heavy (non-hydrogen) atoms. The van der Waals surface area contributed by atoms with Crippen molar-refractivity contribution in [2.24, 2.45) is 11.3 Å². The van der Waals surface area contributed by atoms with E-state index < -0.39 is 0 Å². The van der Waals surface area contributed by atoms with Gasteiger partial charge in [-0.2, -0.15) is 0 Å². The average Bonchev–Trinajstić information content (AvgIpc) is 3.20. The Morgan fingerprint density at radius 1 is 1.36 bits per heavy atom. The zero-order valence-electron chi connectivity index (χ0n) is 15.1. The molecule has 2 aliphatic heterocycles. The molecule has 2 atom stereocenters. The van der Waals surface area contributed by atoms with Crippen molar-refractivity contribution >= 4 is 16.8 Å². The SMILES string of the molecule is COC[C@@]12CCN(Cc3cccc4[nH]ccc34)C[C@@H]1CN(C(C)=O)C2. The van der Waals surface area contributed by atoms with Gasteiger partial charge < -0.3 is 14.6 Å². The first-order valence-corrected chi connectivity index (χ1v) is 9.13. The molecule has 1 aromatic heterocycles. The number of H-pyrrole nitrogens is 1. The summed E-state index contributed by atoms with van der Waals surface area (Å²) in [7, 11) is 1.78. The zero-order chi connectivity index (χ0) is 17.4. The van der Waals surface area contributed by atoms with E-state index in [4.69, 9.17) is 4.74 Å². The van der Waals surface area contributed by atoms with Gasteiger partial charge in [0.15, 0.2) is 0 Å². The third-order valence-electron chi connectivity index (χ3n) is 6.17. The van der Waals surface area contributed by atoms with E-state index in [2.05, 4.69) is 34.1 Å². The van der Waals surface area contributed by atoms with E-state index in [0.29, 0.717) is 5.92 Å². The zero-order valence-corrected chi connectivity index (χ0v) is 15.1. The Morgan fingerprint density at radius 3 is 3.04 bits per heavy atom. The molecule has 5 heteroatoms. The Balaban J connectivity index is 1.52. The summed E-state index contributed by atoms with van der Waals surface area (Å²) in [5.41, 5.74) is 2.71. The Labute approximate surface area is 148 Å². The van der Waals surface area contributed by atoms with E-state index in [9.17, 15) is 4.79 Å². The molecular weight excluding hydrogens is 314 g/mol. The maximum Gasteiger partial charge on any atom is 0.219 e. The summed E-state index contributed by atoms with van der Waals surface area (Å²) in [6.45, 7) is 7.21. The van der Waals surface area contributed by atoms with Gasteiger partial charge >= 0.3 is 0 Å². The smallest absolute Gasteiger partial charge is 0.219 e. The number of nitrogens with zero attached hydrogens (tertiary/aromatic N) is 2. The maximum atomic E-state index is 11.9. The van der Waals surface area contributed by atoms with Crippen LogP contribution in [0.25, 0.3) is 10.9 Å². The minimum absolute atomic E-state index is 0.136. The highest BCUT2D eigenvalue weighted by Crippen LogP contribution is 2.43. The molecule has 0 aliphatic carbocycles. The summed E-state index contributed by atoms with van der Waals surface area (Å²) >= 11 is 0. The molecule has 0 saturated carbocycles. The van der Waals surface area contributed by atoms with Gasteiger partial charge in [0.1, 0.15) is 0 Å². The van der Waals surface area contributed by atoms with Crippen molar-refractivity contribution in [2.75, 3.05) is 39.9 Å². The van der Waals surface area contributed by atoms with Crippen molar-refractivity contribution in [3.05, 3.63) is 36.0 Å². The van der Waals surface area contributed by atoms with Gasteiger partial charge in [-0.1, -0.05) is 12.1 Å². The van der Waals surface area contributed by atoms with Crippen LogP contribution in [0.1, 0.15) is 18.9 Å². The van der Waals surface area contributed by atoms with Crippen LogP contribution in [0.5, 0.6) is 0 Å². The molecule has 5 nitrogen and oxygen atoms in total. The van der Waals surface area contributed by atoms with Crippen molar-refractivity contribution in [2.45, 2.75) is 19.9 Å². The normalized spacial score (nSPS) is 27.0. The number of fused-ring (bicyclic) bond motifs is 2. The summed E-state index contributed by atoms with van der Waals surface area (Å²) < 4.78 is 5.55. The topological polar surface area (TPSA) is 48.6 Å². The van der Waals surface area contributed by atoms with E-state index in [1.807, 2.05) is 11.1 Å². The van der Waals surface area contributed by atoms with Crippen LogP contribution in [0, 0.1) is 11.3 Å². The maximum absolute atomic E-state index is 11.9. The van der Waals surface area contributed by atoms with Crippen molar-refractivity contribution in [3.63, 3.8) is 0 Å². The third-order valence-corrected chi connectivity index (χ3v) is 6.17. The second-order valence-corrected chi connectivity index (χ2v) is 7.73. The highest BCUT2D eigenvalue weighted by Gasteiger charge is 2.50. The Morgan fingerprint density at radius 2 is 2.24 bits per heavy atom. The fourth-order valence-electron chi connectivity index (χ4n) is 4.79. The van der Waals surface area contributed by atoms with E-state index in [1.54, 1.807) is 14.0 Å². The van der Waals surface area contributed by atoms with E-state index in [1.165, 1.54) is 16.5 Å². The number of amides is 1.